The SMILES string of the molecule is CCOC(=O)C(C#CCCOC1CCCCO1)(NC(C)=O)C(=O)OCC. The van der Waals surface area contributed by atoms with E-state index in [1.54, 1.807) is 13.8 Å². The summed E-state index contributed by atoms with van der Waals surface area (Å²) in [6.07, 6.45) is 2.90. The molecule has 0 bridgehead atoms. The molecule has 1 aliphatic heterocycles. The van der Waals surface area contributed by atoms with Crippen LogP contribution in [-0.4, -0.2) is 56.1 Å². The van der Waals surface area contributed by atoms with Crippen molar-refractivity contribution in [2.45, 2.75) is 58.3 Å². The van der Waals surface area contributed by atoms with Gasteiger partial charge in [-0.1, -0.05) is 11.8 Å². The van der Waals surface area contributed by atoms with Gasteiger partial charge in [0, 0.05) is 20.0 Å². The van der Waals surface area contributed by atoms with Crippen LogP contribution in [0.3, 0.4) is 0 Å². The maximum atomic E-state index is 12.3. The van der Waals surface area contributed by atoms with Crippen LogP contribution in [0.2, 0.25) is 0 Å². The molecule has 0 aliphatic carbocycles. The number of amides is 1. The molecule has 1 aliphatic rings. The third-order valence-electron chi connectivity index (χ3n) is 3.47. The lowest BCUT2D eigenvalue weighted by Gasteiger charge is -2.24. The van der Waals surface area contributed by atoms with E-state index in [0.29, 0.717) is 6.61 Å². The summed E-state index contributed by atoms with van der Waals surface area (Å²) in [5.74, 6) is 2.67. The summed E-state index contributed by atoms with van der Waals surface area (Å²) in [4.78, 5) is 36.2. The quantitative estimate of drug-likeness (QED) is 0.294. The molecule has 1 heterocycles. The zero-order valence-corrected chi connectivity index (χ0v) is 15.6. The van der Waals surface area contributed by atoms with Crippen LogP contribution >= 0.6 is 0 Å². The highest BCUT2D eigenvalue weighted by molar-refractivity contribution is 6.11. The van der Waals surface area contributed by atoms with Gasteiger partial charge in [-0.3, -0.25) is 4.79 Å². The van der Waals surface area contributed by atoms with Crippen LogP contribution in [-0.2, 0) is 33.3 Å². The number of esters is 2. The van der Waals surface area contributed by atoms with E-state index in [1.807, 2.05) is 0 Å². The molecule has 1 N–H and O–H groups in total. The predicted molar refractivity (Wildman–Crippen MR) is 91.7 cm³/mol. The maximum Gasteiger partial charge on any atom is 0.356 e. The van der Waals surface area contributed by atoms with Gasteiger partial charge in [-0.05, 0) is 33.1 Å². The van der Waals surface area contributed by atoms with Crippen LogP contribution in [0.15, 0.2) is 0 Å². The normalized spacial score (nSPS) is 16.8. The lowest BCUT2D eigenvalue weighted by Crippen LogP contribution is -2.60. The smallest absolute Gasteiger partial charge is 0.356 e. The number of rotatable bonds is 8. The molecular formula is C18H27NO7. The second-order valence-electron chi connectivity index (χ2n) is 5.59. The van der Waals surface area contributed by atoms with E-state index in [-0.39, 0.29) is 32.5 Å². The Bertz CT molecular complexity index is 525. The average molecular weight is 369 g/mol. The van der Waals surface area contributed by atoms with Crippen molar-refractivity contribution in [3.05, 3.63) is 0 Å². The number of nitrogens with one attached hydrogen (secondary N) is 1. The van der Waals surface area contributed by atoms with Gasteiger partial charge in [0.25, 0.3) is 5.54 Å². The van der Waals surface area contributed by atoms with E-state index in [4.69, 9.17) is 18.9 Å². The van der Waals surface area contributed by atoms with E-state index < -0.39 is 23.4 Å². The molecule has 0 saturated carbocycles. The topological polar surface area (TPSA) is 100 Å². The Morgan fingerprint density at radius 3 is 2.31 bits per heavy atom. The van der Waals surface area contributed by atoms with E-state index in [0.717, 1.165) is 19.3 Å². The predicted octanol–water partition coefficient (Wildman–Crippen LogP) is 0.924. The van der Waals surface area contributed by atoms with Crippen molar-refractivity contribution in [3.63, 3.8) is 0 Å². The minimum Gasteiger partial charge on any atom is -0.463 e. The highest BCUT2D eigenvalue weighted by atomic mass is 16.7. The molecule has 1 rings (SSSR count). The molecule has 146 valence electrons. The Morgan fingerprint density at radius 1 is 1.15 bits per heavy atom. The fourth-order valence-corrected chi connectivity index (χ4v) is 2.34. The summed E-state index contributed by atoms with van der Waals surface area (Å²) in [5, 5.41) is 2.28. The Labute approximate surface area is 153 Å². The second kappa shape index (κ2) is 11.5. The minimum atomic E-state index is -2.18. The van der Waals surface area contributed by atoms with Gasteiger partial charge in [0.15, 0.2) is 6.29 Å². The van der Waals surface area contributed by atoms with Gasteiger partial charge in [0.05, 0.1) is 19.8 Å². The van der Waals surface area contributed by atoms with Crippen LogP contribution < -0.4 is 5.32 Å². The highest BCUT2D eigenvalue weighted by Gasteiger charge is 2.49. The first-order valence-corrected chi connectivity index (χ1v) is 8.82. The molecule has 1 fully saturated rings. The molecule has 1 saturated heterocycles. The summed E-state index contributed by atoms with van der Waals surface area (Å²) in [6.45, 7) is 5.37. The largest absolute Gasteiger partial charge is 0.463 e. The molecule has 0 aromatic carbocycles. The lowest BCUT2D eigenvalue weighted by atomic mass is 10.00. The molecule has 1 unspecified atom stereocenters. The monoisotopic (exact) mass is 369 g/mol. The first kappa shape index (κ1) is 21.9. The van der Waals surface area contributed by atoms with Crippen LogP contribution in [0.4, 0.5) is 0 Å². The van der Waals surface area contributed by atoms with E-state index in [2.05, 4.69) is 17.2 Å². The van der Waals surface area contributed by atoms with Gasteiger partial charge in [0.2, 0.25) is 5.91 Å². The molecule has 0 radical (unpaired) electrons. The van der Waals surface area contributed by atoms with Crippen LogP contribution in [0.5, 0.6) is 0 Å². The summed E-state index contributed by atoms with van der Waals surface area (Å²) in [5.41, 5.74) is -2.18. The van der Waals surface area contributed by atoms with Crippen molar-refractivity contribution in [1.29, 1.82) is 0 Å². The second-order valence-corrected chi connectivity index (χ2v) is 5.59. The van der Waals surface area contributed by atoms with E-state index in [1.165, 1.54) is 6.92 Å². The van der Waals surface area contributed by atoms with Crippen molar-refractivity contribution >= 4 is 17.8 Å². The number of carbonyl (C=O) groups excluding carboxylic acids is 3. The zero-order valence-electron chi connectivity index (χ0n) is 15.6. The van der Waals surface area contributed by atoms with Crippen LogP contribution in [0, 0.1) is 11.8 Å². The molecule has 0 aromatic heterocycles. The summed E-state index contributed by atoms with van der Waals surface area (Å²) >= 11 is 0. The lowest BCUT2D eigenvalue weighted by molar-refractivity contribution is -0.164. The number of ether oxygens (including phenoxy) is 4. The van der Waals surface area contributed by atoms with Crippen molar-refractivity contribution in [1.82, 2.24) is 5.32 Å². The number of hydrogen-bond donors (Lipinski definition) is 1. The molecule has 1 amide bonds. The zero-order chi connectivity index (χ0) is 19.4. The molecule has 1 atom stereocenters. The fraction of sp³-hybridized carbons (Fsp3) is 0.722. The Kier molecular flexibility index (Phi) is 9.70. The Morgan fingerprint density at radius 2 is 1.81 bits per heavy atom. The average Bonchev–Trinajstić information content (AvgIpc) is 2.61. The molecular weight excluding hydrogens is 342 g/mol. The number of hydrogen-bond acceptors (Lipinski definition) is 7. The fourth-order valence-electron chi connectivity index (χ4n) is 2.34. The van der Waals surface area contributed by atoms with Gasteiger partial charge >= 0.3 is 11.9 Å². The molecule has 0 aromatic rings. The van der Waals surface area contributed by atoms with Gasteiger partial charge in [0.1, 0.15) is 0 Å². The first-order valence-electron chi connectivity index (χ1n) is 8.82. The Balaban J connectivity index is 2.83. The van der Waals surface area contributed by atoms with Crippen molar-refractivity contribution < 1.29 is 33.3 Å². The van der Waals surface area contributed by atoms with Gasteiger partial charge < -0.3 is 24.3 Å². The summed E-state index contributed by atoms with van der Waals surface area (Å²) < 4.78 is 20.8. The highest BCUT2D eigenvalue weighted by Crippen LogP contribution is 2.14. The third kappa shape index (κ3) is 6.65. The molecule has 26 heavy (non-hydrogen) atoms. The molecule has 8 heteroatoms. The first-order chi connectivity index (χ1) is 12.5. The standard InChI is InChI=1S/C18H27NO7/c1-4-23-16(21)18(19-14(3)20,17(22)24-5-2)11-7-9-13-26-15-10-6-8-12-25-15/h15H,4-6,8-10,12-13H2,1-3H3,(H,19,20). The summed E-state index contributed by atoms with van der Waals surface area (Å²) in [6, 6.07) is 0. The summed E-state index contributed by atoms with van der Waals surface area (Å²) in [7, 11) is 0. The van der Waals surface area contributed by atoms with Crippen molar-refractivity contribution in [2.75, 3.05) is 26.4 Å². The van der Waals surface area contributed by atoms with Gasteiger partial charge in [-0.2, -0.15) is 0 Å². The van der Waals surface area contributed by atoms with Gasteiger partial charge in [-0.15, -0.1) is 0 Å². The van der Waals surface area contributed by atoms with Crippen molar-refractivity contribution in [2.24, 2.45) is 0 Å². The van der Waals surface area contributed by atoms with Crippen LogP contribution in [0.1, 0.15) is 46.5 Å². The number of carbonyl (C=O) groups is 3. The third-order valence-corrected chi connectivity index (χ3v) is 3.47. The molecule has 0 spiro atoms. The van der Waals surface area contributed by atoms with Crippen LogP contribution in [0.25, 0.3) is 0 Å². The van der Waals surface area contributed by atoms with E-state index >= 15 is 0 Å². The maximum absolute atomic E-state index is 12.3. The van der Waals surface area contributed by atoms with E-state index in [9.17, 15) is 14.4 Å². The Hall–Kier alpha value is -2.11. The molecule has 8 nitrogen and oxygen atoms in total. The minimum absolute atomic E-state index is 0.0311. The van der Waals surface area contributed by atoms with Gasteiger partial charge in [-0.25, -0.2) is 9.59 Å². The van der Waals surface area contributed by atoms with Crippen molar-refractivity contribution in [3.8, 4) is 11.8 Å².